The van der Waals surface area contributed by atoms with E-state index in [1.54, 1.807) is 24.1 Å². The second-order valence-corrected chi connectivity index (χ2v) is 5.59. The number of nitrogens with two attached hydrogens (primary N) is 1. The van der Waals surface area contributed by atoms with Gasteiger partial charge in [-0.1, -0.05) is 0 Å². The van der Waals surface area contributed by atoms with Gasteiger partial charge in [0.25, 0.3) is 5.56 Å². The maximum Gasteiger partial charge on any atom is 0.255 e. The molecule has 22 heavy (non-hydrogen) atoms. The lowest BCUT2D eigenvalue weighted by Gasteiger charge is -2.03. The van der Waals surface area contributed by atoms with Crippen LogP contribution >= 0.6 is 11.3 Å². The van der Waals surface area contributed by atoms with Gasteiger partial charge in [-0.05, 0) is 17.0 Å². The van der Waals surface area contributed by atoms with Crippen LogP contribution in [0.4, 0.5) is 5.95 Å². The molecule has 0 saturated carbocycles. The van der Waals surface area contributed by atoms with Crippen molar-refractivity contribution in [2.24, 2.45) is 7.05 Å². The zero-order chi connectivity index (χ0) is 15.7. The van der Waals surface area contributed by atoms with E-state index >= 15 is 0 Å². The Morgan fingerprint density at radius 1 is 1.41 bits per heavy atom. The minimum atomic E-state index is -0.195. The second kappa shape index (κ2) is 5.46. The lowest BCUT2D eigenvalue weighted by Crippen LogP contribution is -2.20. The molecule has 3 rings (SSSR count). The third-order valence-electron chi connectivity index (χ3n) is 3.22. The second-order valence-electron chi connectivity index (χ2n) is 4.68. The lowest BCUT2D eigenvalue weighted by molar-refractivity contribution is 0.710. The molecule has 0 atom stereocenters. The van der Waals surface area contributed by atoms with Crippen molar-refractivity contribution in [2.45, 2.75) is 6.54 Å². The summed E-state index contributed by atoms with van der Waals surface area (Å²) in [5.41, 5.74) is 7.96. The number of nitriles is 1. The van der Waals surface area contributed by atoms with Gasteiger partial charge in [0, 0.05) is 24.9 Å². The average molecular weight is 312 g/mol. The molecule has 0 fully saturated rings. The largest absolute Gasteiger partial charge is 0.369 e. The van der Waals surface area contributed by atoms with Gasteiger partial charge >= 0.3 is 0 Å². The van der Waals surface area contributed by atoms with Crippen LogP contribution in [0.25, 0.3) is 21.7 Å². The van der Waals surface area contributed by atoms with Crippen LogP contribution in [0.2, 0.25) is 0 Å². The van der Waals surface area contributed by atoms with Crippen molar-refractivity contribution in [2.75, 3.05) is 5.73 Å². The van der Waals surface area contributed by atoms with Gasteiger partial charge in [0.15, 0.2) is 0 Å². The monoisotopic (exact) mass is 312 g/mol. The van der Waals surface area contributed by atoms with Crippen molar-refractivity contribution in [1.82, 2.24) is 19.3 Å². The highest BCUT2D eigenvalue weighted by atomic mass is 32.1. The molecule has 2 N–H and O–H groups in total. The fourth-order valence-electron chi connectivity index (χ4n) is 1.98. The minimum Gasteiger partial charge on any atom is -0.369 e. The first kappa shape index (κ1) is 14.0. The first-order valence-corrected chi connectivity index (χ1v) is 7.28. The van der Waals surface area contributed by atoms with E-state index in [0.717, 1.165) is 16.0 Å². The first-order valence-electron chi connectivity index (χ1n) is 6.40. The molecule has 0 saturated heterocycles. The van der Waals surface area contributed by atoms with E-state index < -0.39 is 0 Å². The summed E-state index contributed by atoms with van der Waals surface area (Å²) in [5, 5.41) is 14.7. The molecule has 0 aliphatic rings. The smallest absolute Gasteiger partial charge is 0.255 e. The SMILES string of the molecule is Cn1c(N)nc(-c2cc(-c3cnn(CC#N)c3)cs2)cc1=O. The van der Waals surface area contributed by atoms with E-state index in [1.165, 1.54) is 22.0 Å². The van der Waals surface area contributed by atoms with Gasteiger partial charge in [0.05, 0.1) is 22.8 Å². The topological polar surface area (TPSA) is 103 Å². The van der Waals surface area contributed by atoms with Gasteiger partial charge in [-0.25, -0.2) is 4.98 Å². The van der Waals surface area contributed by atoms with Crippen LogP contribution < -0.4 is 11.3 Å². The van der Waals surface area contributed by atoms with Crippen molar-refractivity contribution in [3.8, 4) is 27.8 Å². The number of rotatable bonds is 3. The highest BCUT2D eigenvalue weighted by molar-refractivity contribution is 7.14. The fraction of sp³-hybridized carbons (Fsp3) is 0.143. The third-order valence-corrected chi connectivity index (χ3v) is 4.17. The number of hydrogen-bond donors (Lipinski definition) is 1. The van der Waals surface area contributed by atoms with Crippen molar-refractivity contribution in [3.05, 3.63) is 40.3 Å². The van der Waals surface area contributed by atoms with Crippen LogP contribution in [0.5, 0.6) is 0 Å². The van der Waals surface area contributed by atoms with Crippen LogP contribution in [0.3, 0.4) is 0 Å². The summed E-state index contributed by atoms with van der Waals surface area (Å²) < 4.78 is 2.87. The Morgan fingerprint density at radius 2 is 2.23 bits per heavy atom. The molecule has 7 nitrogen and oxygen atoms in total. The molecule has 0 aliphatic carbocycles. The van der Waals surface area contributed by atoms with Gasteiger partial charge in [-0.2, -0.15) is 10.4 Å². The predicted octanol–water partition coefficient (Wildman–Crippen LogP) is 1.48. The molecule has 3 aromatic rings. The molecule has 0 bridgehead atoms. The van der Waals surface area contributed by atoms with Gasteiger partial charge in [0.1, 0.15) is 6.54 Å². The molecule has 0 radical (unpaired) electrons. The van der Waals surface area contributed by atoms with E-state index in [2.05, 4.69) is 10.1 Å². The number of anilines is 1. The summed E-state index contributed by atoms with van der Waals surface area (Å²) in [6.07, 6.45) is 3.51. The highest BCUT2D eigenvalue weighted by Crippen LogP contribution is 2.31. The van der Waals surface area contributed by atoms with E-state index in [4.69, 9.17) is 11.0 Å². The number of thiophene rings is 1. The Balaban J connectivity index is 1.97. The van der Waals surface area contributed by atoms with Gasteiger partial charge in [0.2, 0.25) is 5.95 Å². The molecular formula is C14H12N6OS. The standard InChI is InChI=1S/C14H12N6OS/c1-19-13(21)5-11(18-14(19)16)12-4-9(8-22-12)10-6-17-20(7-10)3-2-15/h4-8H,3H2,1H3,(H2,16,18). The van der Waals surface area contributed by atoms with E-state index in [1.807, 2.05) is 17.5 Å². The van der Waals surface area contributed by atoms with Crippen LogP contribution in [0.1, 0.15) is 0 Å². The molecule has 0 spiro atoms. The molecule has 110 valence electrons. The molecule has 0 unspecified atom stereocenters. The summed E-state index contributed by atoms with van der Waals surface area (Å²) in [6, 6.07) is 5.43. The molecule has 3 aromatic heterocycles. The van der Waals surface area contributed by atoms with E-state index in [-0.39, 0.29) is 18.1 Å². The van der Waals surface area contributed by atoms with Crippen molar-refractivity contribution in [1.29, 1.82) is 5.26 Å². The molecule has 0 aromatic carbocycles. The predicted molar refractivity (Wildman–Crippen MR) is 84.0 cm³/mol. The Morgan fingerprint density at radius 3 is 2.95 bits per heavy atom. The van der Waals surface area contributed by atoms with Crippen molar-refractivity contribution in [3.63, 3.8) is 0 Å². The number of aromatic nitrogens is 4. The maximum absolute atomic E-state index is 11.8. The normalized spacial score (nSPS) is 10.5. The number of nitrogen functional groups attached to an aromatic ring is 1. The third kappa shape index (κ3) is 2.49. The van der Waals surface area contributed by atoms with Crippen LogP contribution in [0.15, 0.2) is 34.7 Å². The van der Waals surface area contributed by atoms with Crippen molar-refractivity contribution >= 4 is 17.3 Å². The van der Waals surface area contributed by atoms with E-state index in [9.17, 15) is 4.79 Å². The number of nitrogens with zero attached hydrogens (tertiary/aromatic N) is 5. The van der Waals surface area contributed by atoms with Crippen molar-refractivity contribution < 1.29 is 0 Å². The fourth-order valence-corrected chi connectivity index (χ4v) is 2.86. The lowest BCUT2D eigenvalue weighted by atomic mass is 10.2. The summed E-state index contributed by atoms with van der Waals surface area (Å²) in [5.74, 6) is 0.180. The Hall–Kier alpha value is -2.92. The first-order chi connectivity index (χ1) is 10.6. The van der Waals surface area contributed by atoms with Gasteiger partial charge in [-0.15, -0.1) is 11.3 Å². The number of hydrogen-bond acceptors (Lipinski definition) is 6. The summed E-state index contributed by atoms with van der Waals surface area (Å²) in [6.45, 7) is 0.212. The molecule has 0 amide bonds. The van der Waals surface area contributed by atoms with Crippen LogP contribution in [-0.4, -0.2) is 19.3 Å². The quantitative estimate of drug-likeness (QED) is 0.789. The van der Waals surface area contributed by atoms with Gasteiger partial charge in [-0.3, -0.25) is 14.0 Å². The Kier molecular flexibility index (Phi) is 3.48. The molecule has 8 heteroatoms. The molecule has 0 aliphatic heterocycles. The Bertz CT molecular complexity index is 929. The molecular weight excluding hydrogens is 300 g/mol. The van der Waals surface area contributed by atoms with Crippen LogP contribution in [0, 0.1) is 11.3 Å². The minimum absolute atomic E-state index is 0.180. The van der Waals surface area contributed by atoms with Crippen LogP contribution in [-0.2, 0) is 13.6 Å². The maximum atomic E-state index is 11.8. The highest BCUT2D eigenvalue weighted by Gasteiger charge is 2.10. The Labute approximate surface area is 129 Å². The van der Waals surface area contributed by atoms with E-state index in [0.29, 0.717) is 5.69 Å². The summed E-state index contributed by atoms with van der Waals surface area (Å²) >= 11 is 1.48. The molecule has 3 heterocycles. The van der Waals surface area contributed by atoms with Gasteiger partial charge < -0.3 is 5.73 Å². The zero-order valence-electron chi connectivity index (χ0n) is 11.7. The summed E-state index contributed by atoms with van der Waals surface area (Å²) in [7, 11) is 1.58. The zero-order valence-corrected chi connectivity index (χ0v) is 12.5. The average Bonchev–Trinajstić information content (AvgIpc) is 3.13. The summed E-state index contributed by atoms with van der Waals surface area (Å²) in [4.78, 5) is 16.9.